The van der Waals surface area contributed by atoms with E-state index in [1.807, 2.05) is 38.1 Å². The molecule has 110 valence electrons. The molecule has 0 amide bonds. The van der Waals surface area contributed by atoms with Crippen LogP contribution in [0.2, 0.25) is 0 Å². The zero-order valence-corrected chi connectivity index (χ0v) is 14.3. The van der Waals surface area contributed by atoms with Crippen molar-refractivity contribution in [3.63, 3.8) is 0 Å². The SMILES string of the molecule is COC(=O)C(CCCC(C)(C)C=O)c1cccc(I)c1. The van der Waals surface area contributed by atoms with Gasteiger partial charge in [-0.2, -0.15) is 0 Å². The quantitative estimate of drug-likeness (QED) is 0.404. The Bertz CT molecular complexity index is 469. The summed E-state index contributed by atoms with van der Waals surface area (Å²) in [5.41, 5.74) is 0.652. The molecule has 20 heavy (non-hydrogen) atoms. The third-order valence-corrected chi connectivity index (χ3v) is 4.04. The molecule has 3 nitrogen and oxygen atoms in total. The molecule has 0 spiro atoms. The molecule has 0 saturated carbocycles. The first kappa shape index (κ1) is 17.1. The van der Waals surface area contributed by atoms with Gasteiger partial charge in [0, 0.05) is 8.99 Å². The lowest BCUT2D eigenvalue weighted by molar-refractivity contribution is -0.142. The second-order valence-electron chi connectivity index (χ2n) is 5.63. The van der Waals surface area contributed by atoms with E-state index in [-0.39, 0.29) is 17.3 Å². The van der Waals surface area contributed by atoms with Gasteiger partial charge in [-0.25, -0.2) is 0 Å². The average Bonchev–Trinajstić information content (AvgIpc) is 2.43. The molecule has 0 bridgehead atoms. The Kier molecular flexibility index (Phi) is 6.65. The van der Waals surface area contributed by atoms with E-state index in [2.05, 4.69) is 22.6 Å². The maximum absolute atomic E-state index is 12.0. The predicted molar refractivity (Wildman–Crippen MR) is 87.6 cm³/mol. The fourth-order valence-electron chi connectivity index (χ4n) is 2.11. The number of aldehydes is 1. The molecule has 4 heteroatoms. The zero-order chi connectivity index (χ0) is 15.2. The Hall–Kier alpha value is -0.910. The standard InChI is InChI=1S/C16H21IO3/c1-16(2,11-18)9-5-8-14(15(19)20-3)12-6-4-7-13(17)10-12/h4,6-7,10-11,14H,5,8-9H2,1-3H3. The number of rotatable bonds is 7. The number of hydrogen-bond donors (Lipinski definition) is 0. The fraction of sp³-hybridized carbons (Fsp3) is 0.500. The summed E-state index contributed by atoms with van der Waals surface area (Å²) in [5, 5.41) is 0. The third kappa shape index (κ3) is 5.23. The highest BCUT2D eigenvalue weighted by Gasteiger charge is 2.23. The molecule has 1 unspecified atom stereocenters. The lowest BCUT2D eigenvalue weighted by atomic mass is 9.85. The molecule has 0 fully saturated rings. The van der Waals surface area contributed by atoms with Crippen LogP contribution in [0.4, 0.5) is 0 Å². The van der Waals surface area contributed by atoms with Crippen LogP contribution in [0.3, 0.4) is 0 Å². The van der Waals surface area contributed by atoms with Crippen molar-refractivity contribution in [2.75, 3.05) is 7.11 Å². The number of methoxy groups -OCH3 is 1. The van der Waals surface area contributed by atoms with E-state index in [0.717, 1.165) is 28.3 Å². The molecule has 0 aliphatic rings. The maximum Gasteiger partial charge on any atom is 0.313 e. The van der Waals surface area contributed by atoms with Crippen LogP contribution >= 0.6 is 22.6 Å². The van der Waals surface area contributed by atoms with Gasteiger partial charge in [0.05, 0.1) is 13.0 Å². The fourth-order valence-corrected chi connectivity index (χ4v) is 2.67. The summed E-state index contributed by atoms with van der Waals surface area (Å²) in [7, 11) is 1.42. The summed E-state index contributed by atoms with van der Waals surface area (Å²) < 4.78 is 6.00. The lowest BCUT2D eigenvalue weighted by Crippen LogP contribution is -2.17. The van der Waals surface area contributed by atoms with Crippen molar-refractivity contribution in [3.05, 3.63) is 33.4 Å². The van der Waals surface area contributed by atoms with Gasteiger partial charge in [0.15, 0.2) is 0 Å². The molecule has 1 aromatic rings. The second kappa shape index (κ2) is 7.76. The minimum absolute atomic E-state index is 0.212. The summed E-state index contributed by atoms with van der Waals surface area (Å²) in [5.74, 6) is -0.465. The molecule has 0 aliphatic heterocycles. The predicted octanol–water partition coefficient (Wildman–Crippen LogP) is 3.94. The Morgan fingerprint density at radius 3 is 2.70 bits per heavy atom. The Balaban J connectivity index is 2.76. The highest BCUT2D eigenvalue weighted by atomic mass is 127. The summed E-state index contributed by atoms with van der Waals surface area (Å²) in [6, 6.07) is 7.90. The van der Waals surface area contributed by atoms with Crippen LogP contribution < -0.4 is 0 Å². The lowest BCUT2D eigenvalue weighted by Gasteiger charge is -2.19. The Labute approximate surface area is 134 Å². The number of halogens is 1. The van der Waals surface area contributed by atoms with Crippen molar-refractivity contribution in [2.24, 2.45) is 5.41 Å². The zero-order valence-electron chi connectivity index (χ0n) is 12.2. The molecule has 0 aromatic heterocycles. The molecule has 0 radical (unpaired) electrons. The van der Waals surface area contributed by atoms with Crippen molar-refractivity contribution in [1.82, 2.24) is 0 Å². The van der Waals surface area contributed by atoms with E-state index in [1.165, 1.54) is 7.11 Å². The second-order valence-corrected chi connectivity index (χ2v) is 6.88. The van der Waals surface area contributed by atoms with Crippen LogP contribution in [0.1, 0.15) is 44.6 Å². The van der Waals surface area contributed by atoms with Crippen LogP contribution in [0.25, 0.3) is 0 Å². The van der Waals surface area contributed by atoms with E-state index < -0.39 is 0 Å². The van der Waals surface area contributed by atoms with Gasteiger partial charge in [-0.1, -0.05) is 32.4 Å². The summed E-state index contributed by atoms with van der Waals surface area (Å²) in [4.78, 5) is 22.9. The first-order valence-corrected chi connectivity index (χ1v) is 7.77. The molecule has 0 saturated heterocycles. The maximum atomic E-state index is 12.0. The summed E-state index contributed by atoms with van der Waals surface area (Å²) in [6.45, 7) is 3.83. The molecular formula is C16H21IO3. The number of carbonyl (C=O) groups excluding carboxylic acids is 2. The number of benzene rings is 1. The van der Waals surface area contributed by atoms with Crippen LogP contribution in [-0.4, -0.2) is 19.4 Å². The van der Waals surface area contributed by atoms with E-state index >= 15 is 0 Å². The first-order chi connectivity index (χ1) is 9.39. The first-order valence-electron chi connectivity index (χ1n) is 6.69. The van der Waals surface area contributed by atoms with Crippen molar-refractivity contribution in [1.29, 1.82) is 0 Å². The number of hydrogen-bond acceptors (Lipinski definition) is 3. The average molecular weight is 388 g/mol. The third-order valence-electron chi connectivity index (χ3n) is 3.37. The van der Waals surface area contributed by atoms with Crippen molar-refractivity contribution < 1.29 is 14.3 Å². The van der Waals surface area contributed by atoms with E-state index in [1.54, 1.807) is 0 Å². The van der Waals surface area contributed by atoms with Gasteiger partial charge in [-0.05, 0) is 53.1 Å². The monoisotopic (exact) mass is 388 g/mol. The van der Waals surface area contributed by atoms with Crippen LogP contribution in [0, 0.1) is 8.99 Å². The van der Waals surface area contributed by atoms with Crippen molar-refractivity contribution in [2.45, 2.75) is 39.0 Å². The van der Waals surface area contributed by atoms with Crippen molar-refractivity contribution in [3.8, 4) is 0 Å². The highest BCUT2D eigenvalue weighted by Crippen LogP contribution is 2.28. The van der Waals surface area contributed by atoms with Crippen LogP contribution in [0.5, 0.6) is 0 Å². The largest absolute Gasteiger partial charge is 0.469 e. The van der Waals surface area contributed by atoms with Gasteiger partial charge in [0.2, 0.25) is 0 Å². The van der Waals surface area contributed by atoms with Crippen LogP contribution in [-0.2, 0) is 14.3 Å². The van der Waals surface area contributed by atoms with E-state index in [0.29, 0.717) is 6.42 Å². The van der Waals surface area contributed by atoms with E-state index in [4.69, 9.17) is 4.74 Å². The normalized spacial score (nSPS) is 12.8. The minimum Gasteiger partial charge on any atom is -0.469 e. The van der Waals surface area contributed by atoms with Gasteiger partial charge >= 0.3 is 5.97 Å². The Morgan fingerprint density at radius 2 is 2.15 bits per heavy atom. The molecule has 0 aliphatic carbocycles. The molecule has 1 atom stereocenters. The molecule has 1 aromatic carbocycles. The van der Waals surface area contributed by atoms with E-state index in [9.17, 15) is 9.59 Å². The number of carbonyl (C=O) groups is 2. The molecule has 1 rings (SSSR count). The topological polar surface area (TPSA) is 43.4 Å². The van der Waals surface area contributed by atoms with Gasteiger partial charge in [-0.15, -0.1) is 0 Å². The number of ether oxygens (including phenoxy) is 1. The minimum atomic E-state index is -0.328. The summed E-state index contributed by atoms with van der Waals surface area (Å²) >= 11 is 2.23. The van der Waals surface area contributed by atoms with Crippen molar-refractivity contribution >= 4 is 34.8 Å². The molecular weight excluding hydrogens is 367 g/mol. The summed E-state index contributed by atoms with van der Waals surface area (Å²) in [6.07, 6.45) is 3.26. The van der Waals surface area contributed by atoms with Gasteiger partial charge in [0.1, 0.15) is 6.29 Å². The smallest absolute Gasteiger partial charge is 0.313 e. The molecule has 0 N–H and O–H groups in total. The molecule has 0 heterocycles. The van der Waals surface area contributed by atoms with Crippen LogP contribution in [0.15, 0.2) is 24.3 Å². The highest BCUT2D eigenvalue weighted by molar-refractivity contribution is 14.1. The van der Waals surface area contributed by atoms with Gasteiger partial charge < -0.3 is 9.53 Å². The number of esters is 1. The van der Waals surface area contributed by atoms with Gasteiger partial charge in [0.25, 0.3) is 0 Å². The van der Waals surface area contributed by atoms with Gasteiger partial charge in [-0.3, -0.25) is 4.79 Å². The Morgan fingerprint density at radius 1 is 1.45 bits per heavy atom.